The first-order valence-electron chi connectivity index (χ1n) is 4.02. The monoisotopic (exact) mass is 165 g/mol. The summed E-state index contributed by atoms with van der Waals surface area (Å²) < 4.78 is 0. The van der Waals surface area contributed by atoms with E-state index in [0.717, 1.165) is 17.8 Å². The summed E-state index contributed by atoms with van der Waals surface area (Å²) in [6.45, 7) is 4.79. The minimum atomic E-state index is 0.641. The van der Waals surface area contributed by atoms with Crippen LogP contribution in [-0.2, 0) is 6.54 Å². The molecule has 0 aromatic carbocycles. The van der Waals surface area contributed by atoms with Crippen LogP contribution in [0.4, 0.5) is 5.82 Å². The van der Waals surface area contributed by atoms with Crippen LogP contribution in [0.5, 0.6) is 0 Å². The van der Waals surface area contributed by atoms with Crippen LogP contribution >= 0.6 is 0 Å². The van der Waals surface area contributed by atoms with E-state index in [-0.39, 0.29) is 0 Å². The lowest BCUT2D eigenvalue weighted by Gasteiger charge is -2.08. The number of aryl methyl sites for hydroxylation is 2. The van der Waals surface area contributed by atoms with E-state index in [0.29, 0.717) is 5.82 Å². The summed E-state index contributed by atoms with van der Waals surface area (Å²) in [4.78, 5) is 4.19. The molecular formula is C9H15N3. The second kappa shape index (κ2) is 3.54. The Labute approximate surface area is 73.0 Å². The highest BCUT2D eigenvalue weighted by atomic mass is 14.9. The van der Waals surface area contributed by atoms with Crippen LogP contribution in [0, 0.1) is 13.8 Å². The third kappa shape index (κ3) is 1.74. The van der Waals surface area contributed by atoms with E-state index in [2.05, 4.69) is 17.2 Å². The van der Waals surface area contributed by atoms with Crippen molar-refractivity contribution in [3.8, 4) is 0 Å². The summed E-state index contributed by atoms with van der Waals surface area (Å²) in [6, 6.07) is 2.04. The van der Waals surface area contributed by atoms with Crippen molar-refractivity contribution in [3.63, 3.8) is 0 Å². The van der Waals surface area contributed by atoms with Crippen molar-refractivity contribution in [2.24, 2.45) is 0 Å². The van der Waals surface area contributed by atoms with E-state index < -0.39 is 0 Å². The fraction of sp³-hybridized carbons (Fsp3) is 0.444. The lowest BCUT2D eigenvalue weighted by molar-refractivity contribution is 0.808. The lowest BCUT2D eigenvalue weighted by Crippen LogP contribution is -2.11. The van der Waals surface area contributed by atoms with Gasteiger partial charge in [0.1, 0.15) is 5.82 Å². The molecule has 3 heteroatoms. The predicted octanol–water partition coefficient (Wildman–Crippen LogP) is 1.00. The molecule has 66 valence electrons. The van der Waals surface area contributed by atoms with Crippen molar-refractivity contribution >= 4 is 5.82 Å². The smallest absolute Gasteiger partial charge is 0.128 e. The quantitative estimate of drug-likeness (QED) is 0.687. The molecule has 3 nitrogen and oxygen atoms in total. The highest BCUT2D eigenvalue weighted by Gasteiger charge is 2.03. The predicted molar refractivity (Wildman–Crippen MR) is 50.9 cm³/mol. The van der Waals surface area contributed by atoms with E-state index in [4.69, 9.17) is 5.73 Å². The Morgan fingerprint density at radius 3 is 2.67 bits per heavy atom. The summed E-state index contributed by atoms with van der Waals surface area (Å²) in [6.07, 6.45) is 0. The number of nitrogen functional groups attached to an aromatic ring is 1. The molecule has 1 aromatic heterocycles. The van der Waals surface area contributed by atoms with Gasteiger partial charge in [0.25, 0.3) is 0 Å². The summed E-state index contributed by atoms with van der Waals surface area (Å²) in [7, 11) is 1.90. The molecule has 0 saturated carbocycles. The van der Waals surface area contributed by atoms with Gasteiger partial charge in [-0.05, 0) is 32.5 Å². The van der Waals surface area contributed by atoms with Crippen LogP contribution in [0.1, 0.15) is 16.8 Å². The van der Waals surface area contributed by atoms with Crippen molar-refractivity contribution < 1.29 is 0 Å². The molecule has 0 aliphatic carbocycles. The first-order chi connectivity index (χ1) is 5.65. The van der Waals surface area contributed by atoms with Gasteiger partial charge in [-0.15, -0.1) is 0 Å². The van der Waals surface area contributed by atoms with Crippen molar-refractivity contribution in [3.05, 3.63) is 22.9 Å². The molecule has 0 bridgehead atoms. The fourth-order valence-electron chi connectivity index (χ4n) is 1.30. The minimum Gasteiger partial charge on any atom is -0.383 e. The molecule has 0 atom stereocenters. The Bertz CT molecular complexity index is 258. The van der Waals surface area contributed by atoms with Crippen molar-refractivity contribution in [1.82, 2.24) is 10.3 Å². The molecule has 1 heterocycles. The standard InChI is InChI=1S/C9H15N3/c1-6-4-7(2)12-9(10)8(6)5-11-3/h4,11H,5H2,1-3H3,(H2,10,12). The van der Waals surface area contributed by atoms with Gasteiger partial charge in [0.2, 0.25) is 0 Å². The number of pyridine rings is 1. The normalized spacial score (nSPS) is 10.2. The summed E-state index contributed by atoms with van der Waals surface area (Å²) in [5.41, 5.74) is 9.04. The van der Waals surface area contributed by atoms with Gasteiger partial charge in [-0.3, -0.25) is 0 Å². The topological polar surface area (TPSA) is 50.9 Å². The highest BCUT2D eigenvalue weighted by molar-refractivity contribution is 5.45. The maximum absolute atomic E-state index is 5.76. The number of aromatic nitrogens is 1. The van der Waals surface area contributed by atoms with E-state index in [9.17, 15) is 0 Å². The van der Waals surface area contributed by atoms with Gasteiger partial charge < -0.3 is 11.1 Å². The molecule has 0 radical (unpaired) electrons. The Morgan fingerprint density at radius 1 is 1.50 bits per heavy atom. The summed E-state index contributed by atoms with van der Waals surface area (Å²) in [5.74, 6) is 0.641. The summed E-state index contributed by atoms with van der Waals surface area (Å²) >= 11 is 0. The fourth-order valence-corrected chi connectivity index (χ4v) is 1.30. The molecule has 1 rings (SSSR count). The van der Waals surface area contributed by atoms with Crippen LogP contribution in [0.3, 0.4) is 0 Å². The number of nitrogens with zero attached hydrogens (tertiary/aromatic N) is 1. The number of anilines is 1. The molecule has 0 fully saturated rings. The van der Waals surface area contributed by atoms with Gasteiger partial charge in [-0.2, -0.15) is 0 Å². The molecule has 0 unspecified atom stereocenters. The number of nitrogens with two attached hydrogens (primary N) is 1. The zero-order chi connectivity index (χ0) is 9.14. The largest absolute Gasteiger partial charge is 0.383 e. The maximum Gasteiger partial charge on any atom is 0.128 e. The molecule has 12 heavy (non-hydrogen) atoms. The number of hydrogen-bond acceptors (Lipinski definition) is 3. The molecule has 3 N–H and O–H groups in total. The molecular weight excluding hydrogens is 150 g/mol. The third-order valence-electron chi connectivity index (χ3n) is 1.86. The molecule has 0 aliphatic rings. The average Bonchev–Trinajstić information content (AvgIpc) is 1.96. The second-order valence-corrected chi connectivity index (χ2v) is 2.97. The van der Waals surface area contributed by atoms with Crippen LogP contribution in [0.25, 0.3) is 0 Å². The lowest BCUT2D eigenvalue weighted by atomic mass is 10.1. The maximum atomic E-state index is 5.76. The van der Waals surface area contributed by atoms with Gasteiger partial charge in [-0.25, -0.2) is 4.98 Å². The Kier molecular flexibility index (Phi) is 2.65. The van der Waals surface area contributed by atoms with Gasteiger partial charge in [0.05, 0.1) is 0 Å². The third-order valence-corrected chi connectivity index (χ3v) is 1.86. The van der Waals surface area contributed by atoms with Gasteiger partial charge in [0.15, 0.2) is 0 Å². The molecule has 0 aliphatic heterocycles. The van der Waals surface area contributed by atoms with Crippen molar-refractivity contribution in [2.45, 2.75) is 20.4 Å². The van der Waals surface area contributed by atoms with Crippen LogP contribution < -0.4 is 11.1 Å². The zero-order valence-electron chi connectivity index (χ0n) is 7.81. The van der Waals surface area contributed by atoms with Gasteiger partial charge >= 0.3 is 0 Å². The Morgan fingerprint density at radius 2 is 2.17 bits per heavy atom. The van der Waals surface area contributed by atoms with E-state index >= 15 is 0 Å². The zero-order valence-corrected chi connectivity index (χ0v) is 7.81. The number of nitrogens with one attached hydrogen (secondary N) is 1. The number of rotatable bonds is 2. The first-order valence-corrected chi connectivity index (χ1v) is 4.02. The Balaban J connectivity index is 3.10. The van der Waals surface area contributed by atoms with Crippen molar-refractivity contribution in [1.29, 1.82) is 0 Å². The van der Waals surface area contributed by atoms with Gasteiger partial charge in [-0.1, -0.05) is 0 Å². The molecule has 0 spiro atoms. The SMILES string of the molecule is CNCc1c(C)cc(C)nc1N. The average molecular weight is 165 g/mol. The molecule has 0 saturated heterocycles. The van der Waals surface area contributed by atoms with E-state index in [1.54, 1.807) is 0 Å². The molecule has 1 aromatic rings. The van der Waals surface area contributed by atoms with Crippen LogP contribution in [0.2, 0.25) is 0 Å². The first kappa shape index (κ1) is 9.00. The molecule has 0 amide bonds. The minimum absolute atomic E-state index is 0.641. The second-order valence-electron chi connectivity index (χ2n) is 2.97. The highest BCUT2D eigenvalue weighted by Crippen LogP contribution is 2.14. The number of hydrogen-bond donors (Lipinski definition) is 2. The van der Waals surface area contributed by atoms with E-state index in [1.165, 1.54) is 5.56 Å². The Hall–Kier alpha value is -1.09. The van der Waals surface area contributed by atoms with Crippen molar-refractivity contribution in [2.75, 3.05) is 12.8 Å². The van der Waals surface area contributed by atoms with E-state index in [1.807, 2.05) is 20.0 Å². The van der Waals surface area contributed by atoms with Crippen LogP contribution in [0.15, 0.2) is 6.07 Å². The summed E-state index contributed by atoms with van der Waals surface area (Å²) in [5, 5.41) is 3.07. The van der Waals surface area contributed by atoms with Gasteiger partial charge in [0, 0.05) is 17.8 Å². The van der Waals surface area contributed by atoms with Crippen LogP contribution in [-0.4, -0.2) is 12.0 Å².